The summed E-state index contributed by atoms with van der Waals surface area (Å²) in [6.45, 7) is 4.54. The Balaban J connectivity index is 1.68. The second-order valence-corrected chi connectivity index (χ2v) is 10.6. The summed E-state index contributed by atoms with van der Waals surface area (Å²) in [4.78, 5) is 0. The molecule has 3 aromatic rings. The van der Waals surface area contributed by atoms with E-state index in [-0.39, 0.29) is 17.9 Å². The highest BCUT2D eigenvalue weighted by Gasteiger charge is 2.39. The topological polar surface area (TPSA) is 52.6 Å². The van der Waals surface area contributed by atoms with Crippen LogP contribution in [0.3, 0.4) is 0 Å². The Morgan fingerprint density at radius 1 is 0.853 bits per heavy atom. The third kappa shape index (κ3) is 5.49. The van der Waals surface area contributed by atoms with Crippen LogP contribution in [0.25, 0.3) is 0 Å². The number of rotatable bonds is 9. The molecule has 0 amide bonds. The molecule has 0 aromatic heterocycles. The van der Waals surface area contributed by atoms with E-state index in [1.807, 2.05) is 60.7 Å². The van der Waals surface area contributed by atoms with Gasteiger partial charge in [0.15, 0.2) is 0 Å². The quantitative estimate of drug-likeness (QED) is 0.218. The van der Waals surface area contributed by atoms with Gasteiger partial charge in [-0.2, -0.15) is 8.42 Å². The van der Waals surface area contributed by atoms with E-state index in [4.69, 9.17) is 8.92 Å². The van der Waals surface area contributed by atoms with Crippen LogP contribution in [0.15, 0.2) is 104 Å². The number of ether oxygens (including phenoxy) is 1. The Morgan fingerprint density at radius 3 is 1.74 bits per heavy atom. The smallest absolute Gasteiger partial charge is 0.264 e. The van der Waals surface area contributed by atoms with Crippen LogP contribution in [0.2, 0.25) is 0 Å². The highest BCUT2D eigenvalue weighted by atomic mass is 32.2. The minimum atomic E-state index is -3.48. The van der Waals surface area contributed by atoms with Crippen LogP contribution in [-0.4, -0.2) is 27.4 Å². The van der Waals surface area contributed by atoms with Crippen molar-refractivity contribution in [2.75, 3.05) is 12.9 Å². The van der Waals surface area contributed by atoms with E-state index in [1.54, 1.807) is 0 Å². The second kappa shape index (κ2) is 10.7. The fourth-order valence-corrected chi connectivity index (χ4v) is 5.73. The van der Waals surface area contributed by atoms with Crippen molar-refractivity contribution >= 4 is 10.1 Å². The zero-order chi connectivity index (χ0) is 24.0. The second-order valence-electron chi connectivity index (χ2n) is 8.99. The number of hydrogen-bond donors (Lipinski definition) is 0. The first-order valence-electron chi connectivity index (χ1n) is 11.7. The summed E-state index contributed by atoms with van der Waals surface area (Å²) in [5.41, 5.74) is 2.43. The van der Waals surface area contributed by atoms with Gasteiger partial charge in [-0.3, -0.25) is 4.18 Å². The van der Waals surface area contributed by atoms with Gasteiger partial charge >= 0.3 is 0 Å². The lowest BCUT2D eigenvalue weighted by molar-refractivity contribution is -0.0308. The van der Waals surface area contributed by atoms with Crippen molar-refractivity contribution in [3.8, 4) is 0 Å². The minimum Gasteiger partial charge on any atom is -0.361 e. The summed E-state index contributed by atoms with van der Waals surface area (Å²) >= 11 is 0. The van der Waals surface area contributed by atoms with Gasteiger partial charge < -0.3 is 4.74 Å². The van der Waals surface area contributed by atoms with E-state index in [2.05, 4.69) is 43.0 Å². The predicted octanol–water partition coefficient (Wildman–Crippen LogP) is 5.94. The van der Waals surface area contributed by atoms with E-state index >= 15 is 0 Å². The van der Waals surface area contributed by atoms with Crippen molar-refractivity contribution in [3.63, 3.8) is 0 Å². The molecule has 0 spiro atoms. The largest absolute Gasteiger partial charge is 0.361 e. The maximum Gasteiger partial charge on any atom is 0.264 e. The molecule has 1 fully saturated rings. The third-order valence-electron chi connectivity index (χ3n) is 6.67. The van der Waals surface area contributed by atoms with Crippen LogP contribution in [0, 0.1) is 11.8 Å². The van der Waals surface area contributed by atoms with Crippen molar-refractivity contribution < 1.29 is 17.3 Å². The first kappa shape index (κ1) is 24.4. The molecular formula is C29H32O4S. The molecule has 34 heavy (non-hydrogen) atoms. The Bertz CT molecular complexity index is 1060. The molecule has 0 N–H and O–H groups in total. The van der Waals surface area contributed by atoms with Gasteiger partial charge in [-0.25, -0.2) is 0 Å². The average molecular weight is 477 g/mol. The van der Waals surface area contributed by atoms with Crippen LogP contribution in [-0.2, 0) is 24.6 Å². The van der Waals surface area contributed by atoms with Gasteiger partial charge in [-0.05, 0) is 47.8 Å². The molecule has 3 aromatic carbocycles. The van der Waals surface area contributed by atoms with Gasteiger partial charge in [0.1, 0.15) is 5.60 Å². The predicted molar refractivity (Wildman–Crippen MR) is 136 cm³/mol. The summed E-state index contributed by atoms with van der Waals surface area (Å²) in [7, 11) is -3.48. The molecular weight excluding hydrogens is 444 g/mol. The molecule has 5 heteroatoms. The lowest BCUT2D eigenvalue weighted by Gasteiger charge is -2.40. The van der Waals surface area contributed by atoms with Gasteiger partial charge in [0.2, 0.25) is 0 Å². The monoisotopic (exact) mass is 476 g/mol. The van der Waals surface area contributed by atoms with E-state index < -0.39 is 15.7 Å². The van der Waals surface area contributed by atoms with Crippen LogP contribution < -0.4 is 0 Å². The van der Waals surface area contributed by atoms with Crippen molar-refractivity contribution in [3.05, 3.63) is 120 Å². The molecule has 0 saturated heterocycles. The molecule has 1 saturated carbocycles. The molecule has 0 radical (unpaired) electrons. The van der Waals surface area contributed by atoms with E-state index in [1.165, 1.54) is 0 Å². The molecule has 3 unspecified atom stereocenters. The van der Waals surface area contributed by atoms with Crippen LogP contribution in [0.5, 0.6) is 0 Å². The molecule has 4 rings (SSSR count). The Hall–Kier alpha value is -2.73. The standard InChI is InChI=1S/C29H32O4S/c1-3-23-21-28(33-34(2,30)31)20-19-24(23)22-32-29(25-13-7-4-8-14-25,26-15-9-5-10-16-26)27-17-11-6-12-18-27/h3-18,23-24,28H,1,19-22H2,2H3. The van der Waals surface area contributed by atoms with Crippen molar-refractivity contribution in [1.82, 2.24) is 0 Å². The highest BCUT2D eigenvalue weighted by molar-refractivity contribution is 7.86. The lowest BCUT2D eigenvalue weighted by atomic mass is 9.77. The maximum absolute atomic E-state index is 11.6. The SMILES string of the molecule is C=CC1CC(OS(C)(=O)=O)CCC1COC(c1ccccc1)(c1ccccc1)c1ccccc1. The summed E-state index contributed by atoms with van der Waals surface area (Å²) in [6.07, 6.45) is 4.84. The van der Waals surface area contributed by atoms with Gasteiger partial charge in [0.05, 0.1) is 19.0 Å². The summed E-state index contributed by atoms with van der Waals surface area (Å²) in [5.74, 6) is 0.327. The van der Waals surface area contributed by atoms with Gasteiger partial charge in [0.25, 0.3) is 10.1 Å². The van der Waals surface area contributed by atoms with E-state index in [0.717, 1.165) is 29.4 Å². The summed E-state index contributed by atoms with van der Waals surface area (Å²) in [6, 6.07) is 31.0. The van der Waals surface area contributed by atoms with Gasteiger partial charge in [0, 0.05) is 0 Å². The molecule has 3 atom stereocenters. The van der Waals surface area contributed by atoms with Crippen LogP contribution in [0.1, 0.15) is 36.0 Å². The normalized spacial score (nSPS) is 21.1. The fraction of sp³-hybridized carbons (Fsp3) is 0.310. The molecule has 0 heterocycles. The molecule has 0 bridgehead atoms. The zero-order valence-corrected chi connectivity index (χ0v) is 20.4. The maximum atomic E-state index is 11.6. The molecule has 1 aliphatic rings. The van der Waals surface area contributed by atoms with Crippen molar-refractivity contribution in [1.29, 1.82) is 0 Å². The number of benzene rings is 3. The zero-order valence-electron chi connectivity index (χ0n) is 19.5. The Kier molecular flexibility index (Phi) is 7.67. The van der Waals surface area contributed by atoms with Crippen molar-refractivity contribution in [2.24, 2.45) is 11.8 Å². The summed E-state index contributed by atoms with van der Waals surface area (Å²) < 4.78 is 35.5. The molecule has 178 valence electrons. The number of hydrogen-bond acceptors (Lipinski definition) is 4. The van der Waals surface area contributed by atoms with Crippen molar-refractivity contribution in [2.45, 2.75) is 31.0 Å². The lowest BCUT2D eigenvalue weighted by Crippen LogP contribution is -2.38. The molecule has 1 aliphatic carbocycles. The fourth-order valence-electron chi connectivity index (χ4n) is 5.06. The highest BCUT2D eigenvalue weighted by Crippen LogP contribution is 2.42. The average Bonchev–Trinajstić information content (AvgIpc) is 2.86. The third-order valence-corrected chi connectivity index (χ3v) is 7.29. The van der Waals surface area contributed by atoms with E-state index in [9.17, 15) is 8.42 Å². The van der Waals surface area contributed by atoms with Gasteiger partial charge in [-0.1, -0.05) is 97.1 Å². The molecule has 4 nitrogen and oxygen atoms in total. The first-order chi connectivity index (χ1) is 16.4. The first-order valence-corrected chi connectivity index (χ1v) is 13.6. The minimum absolute atomic E-state index is 0.112. The van der Waals surface area contributed by atoms with E-state index in [0.29, 0.717) is 19.4 Å². The summed E-state index contributed by atoms with van der Waals surface area (Å²) in [5, 5.41) is 0. The van der Waals surface area contributed by atoms with Crippen LogP contribution in [0.4, 0.5) is 0 Å². The Labute approximate surface area is 203 Å². The van der Waals surface area contributed by atoms with Gasteiger partial charge in [-0.15, -0.1) is 6.58 Å². The van der Waals surface area contributed by atoms with Crippen LogP contribution >= 0.6 is 0 Å². The Morgan fingerprint density at radius 2 is 1.32 bits per heavy atom. The number of allylic oxidation sites excluding steroid dienone is 1. The molecule has 0 aliphatic heterocycles.